The molecule has 2 aromatic heterocycles. The van der Waals surface area contributed by atoms with E-state index < -0.39 is 0 Å². The molecule has 4 aliphatic heterocycles. The highest BCUT2D eigenvalue weighted by Crippen LogP contribution is 2.67. The summed E-state index contributed by atoms with van der Waals surface area (Å²) in [6.07, 6.45) is 25.5. The molecule has 3 fully saturated rings. The number of epoxide rings is 1. The van der Waals surface area contributed by atoms with Crippen molar-refractivity contribution in [3.8, 4) is 0 Å². The highest BCUT2D eigenvalue weighted by molar-refractivity contribution is 6.07. The molecule has 1 aliphatic carbocycles. The van der Waals surface area contributed by atoms with E-state index in [1.165, 1.54) is 105 Å². The average molecular weight is 551 g/mol. The zero-order valence-electron chi connectivity index (χ0n) is 24.5. The van der Waals surface area contributed by atoms with Gasteiger partial charge in [0.1, 0.15) is 5.60 Å². The van der Waals surface area contributed by atoms with Gasteiger partial charge in [-0.05, 0) is 108 Å². The van der Waals surface area contributed by atoms with E-state index in [4.69, 9.17) is 9.72 Å². The van der Waals surface area contributed by atoms with Crippen LogP contribution in [0.5, 0.6) is 0 Å². The summed E-state index contributed by atoms with van der Waals surface area (Å²) in [7, 11) is 0. The van der Waals surface area contributed by atoms with E-state index >= 15 is 0 Å². The standard InChI is InChI=1S/C36H46N4O/c1-3-7-13-21-38-34-35(19-11-5-1)25-40-23-14-8-4-2-6-12-20-36(34)33(41-36)30(28(35)18-24-40)32-31-27(17-22-37-32)26-15-9-10-16-29(26)39-31/h1-2,5-6,9-10,15-17,22,28,30,33-34,38-39H,3-4,7-8,11-14,18-21,23-25H2/b5-1-,6-2+/t28-,30-,33-,34+,35-,36-/m0/s1. The van der Waals surface area contributed by atoms with Gasteiger partial charge in [-0.15, -0.1) is 0 Å². The third-order valence-electron chi connectivity index (χ3n) is 11.4. The van der Waals surface area contributed by atoms with Crippen LogP contribution in [0, 0.1) is 11.3 Å². The number of piperidine rings is 1. The smallest absolute Gasteiger partial charge is 0.112 e. The van der Waals surface area contributed by atoms with Gasteiger partial charge in [0, 0.05) is 46.4 Å². The molecule has 3 aromatic rings. The minimum atomic E-state index is -0.115. The molecule has 5 heteroatoms. The van der Waals surface area contributed by atoms with Crippen molar-refractivity contribution in [3.05, 3.63) is 66.5 Å². The molecule has 2 saturated heterocycles. The fourth-order valence-corrected chi connectivity index (χ4v) is 9.64. The molecule has 7 atom stereocenters. The quantitative estimate of drug-likeness (QED) is 0.247. The largest absolute Gasteiger partial charge is 0.364 e. The Morgan fingerprint density at radius 3 is 2.61 bits per heavy atom. The fourth-order valence-electron chi connectivity index (χ4n) is 9.64. The van der Waals surface area contributed by atoms with Gasteiger partial charge in [-0.25, -0.2) is 0 Å². The number of nitrogens with zero attached hydrogens (tertiary/aromatic N) is 2. The lowest BCUT2D eigenvalue weighted by molar-refractivity contribution is -0.0577. The summed E-state index contributed by atoms with van der Waals surface area (Å²) in [6.45, 7) is 4.71. The number of fused-ring (bicyclic) bond motifs is 4. The van der Waals surface area contributed by atoms with Crippen LogP contribution >= 0.6 is 0 Å². The molecule has 5 aliphatic rings. The molecule has 8 rings (SSSR count). The van der Waals surface area contributed by atoms with Gasteiger partial charge < -0.3 is 19.9 Å². The van der Waals surface area contributed by atoms with E-state index in [9.17, 15) is 0 Å². The Kier molecular flexibility index (Phi) is 6.81. The van der Waals surface area contributed by atoms with Crippen LogP contribution in [-0.4, -0.2) is 58.8 Å². The number of allylic oxidation sites excluding steroid dienone is 4. The van der Waals surface area contributed by atoms with Crippen molar-refractivity contribution in [1.29, 1.82) is 0 Å². The number of H-pyrrole nitrogens is 1. The first-order chi connectivity index (χ1) is 20.3. The Bertz CT molecular complexity index is 1460. The molecular formula is C36H46N4O. The molecule has 0 radical (unpaired) electrons. The van der Waals surface area contributed by atoms with Crippen molar-refractivity contribution < 1.29 is 4.74 Å². The Balaban J connectivity index is 1.30. The van der Waals surface area contributed by atoms with Crippen LogP contribution in [0.25, 0.3) is 21.8 Å². The van der Waals surface area contributed by atoms with Gasteiger partial charge in [-0.2, -0.15) is 0 Å². The Hall–Kier alpha value is -2.47. The van der Waals surface area contributed by atoms with Crippen molar-refractivity contribution >= 4 is 21.8 Å². The summed E-state index contributed by atoms with van der Waals surface area (Å²) in [5.41, 5.74) is 3.75. The maximum Gasteiger partial charge on any atom is 0.112 e. The second kappa shape index (κ2) is 10.7. The first-order valence-corrected chi connectivity index (χ1v) is 16.6. The first kappa shape index (κ1) is 26.2. The SMILES string of the molecule is C1=C\CC[C@]23CN4CCCC/C=C/CC[C@@]5(O[C@H]5[C@H](c5nccc6c5[nH]c5ccccc56)[C@@H]2CC4)[C@@H]3NCCCC/1. The van der Waals surface area contributed by atoms with Crippen LogP contribution in [0.2, 0.25) is 0 Å². The minimum absolute atomic E-state index is 0.115. The minimum Gasteiger partial charge on any atom is -0.364 e. The molecule has 1 saturated carbocycles. The lowest BCUT2D eigenvalue weighted by Gasteiger charge is -2.59. The van der Waals surface area contributed by atoms with Crippen LogP contribution in [0.1, 0.15) is 82.2 Å². The monoisotopic (exact) mass is 550 g/mol. The topological polar surface area (TPSA) is 56.5 Å². The molecule has 2 spiro atoms. The number of aromatic amines is 1. The molecule has 5 nitrogen and oxygen atoms in total. The van der Waals surface area contributed by atoms with Crippen LogP contribution < -0.4 is 5.32 Å². The first-order valence-electron chi connectivity index (χ1n) is 16.6. The van der Waals surface area contributed by atoms with Crippen LogP contribution in [0.15, 0.2) is 60.8 Å². The van der Waals surface area contributed by atoms with E-state index in [2.05, 4.69) is 76.0 Å². The summed E-state index contributed by atoms with van der Waals surface area (Å²) in [5.74, 6) is 0.867. The van der Waals surface area contributed by atoms with Crippen LogP contribution in [0.4, 0.5) is 0 Å². The number of nitrogens with one attached hydrogen (secondary N) is 2. The van der Waals surface area contributed by atoms with Crippen molar-refractivity contribution in [2.24, 2.45) is 11.3 Å². The van der Waals surface area contributed by atoms with Crippen LogP contribution in [0.3, 0.4) is 0 Å². The van der Waals surface area contributed by atoms with Gasteiger partial charge in [-0.3, -0.25) is 4.98 Å². The number of para-hydroxylation sites is 1. The summed E-state index contributed by atoms with van der Waals surface area (Å²) in [6, 6.07) is 11.4. The molecule has 6 heterocycles. The Morgan fingerprint density at radius 2 is 1.68 bits per heavy atom. The summed E-state index contributed by atoms with van der Waals surface area (Å²) in [4.78, 5) is 11.9. The van der Waals surface area contributed by atoms with Gasteiger partial charge >= 0.3 is 0 Å². The van der Waals surface area contributed by atoms with Crippen molar-refractivity contribution in [2.75, 3.05) is 26.2 Å². The number of aromatic nitrogens is 2. The summed E-state index contributed by atoms with van der Waals surface area (Å²) < 4.78 is 7.19. The third kappa shape index (κ3) is 4.34. The zero-order valence-corrected chi connectivity index (χ0v) is 24.5. The maximum absolute atomic E-state index is 7.19. The average Bonchev–Trinajstić information content (AvgIpc) is 3.59. The van der Waals surface area contributed by atoms with Crippen LogP contribution in [-0.2, 0) is 4.74 Å². The maximum atomic E-state index is 7.19. The van der Waals surface area contributed by atoms with Crippen molar-refractivity contribution in [2.45, 2.75) is 94.3 Å². The summed E-state index contributed by atoms with van der Waals surface area (Å²) in [5, 5.41) is 6.86. The van der Waals surface area contributed by atoms with Gasteiger partial charge in [0.05, 0.1) is 17.3 Å². The second-order valence-corrected chi connectivity index (χ2v) is 13.6. The van der Waals surface area contributed by atoms with Gasteiger partial charge in [0.2, 0.25) is 0 Å². The van der Waals surface area contributed by atoms with E-state index in [1.54, 1.807) is 0 Å². The molecule has 216 valence electrons. The zero-order chi connectivity index (χ0) is 27.3. The molecule has 2 N–H and O–H groups in total. The lowest BCUT2D eigenvalue weighted by Crippen LogP contribution is -2.68. The number of hydrogen-bond donors (Lipinski definition) is 2. The van der Waals surface area contributed by atoms with E-state index in [1.807, 2.05) is 0 Å². The van der Waals surface area contributed by atoms with E-state index in [0.717, 1.165) is 19.4 Å². The lowest BCUT2D eigenvalue weighted by atomic mass is 9.50. The predicted molar refractivity (Wildman–Crippen MR) is 167 cm³/mol. The summed E-state index contributed by atoms with van der Waals surface area (Å²) >= 11 is 0. The third-order valence-corrected chi connectivity index (χ3v) is 11.4. The normalized spacial score (nSPS) is 39.4. The Morgan fingerprint density at radius 1 is 0.854 bits per heavy atom. The number of ether oxygens (including phenoxy) is 1. The van der Waals surface area contributed by atoms with Gasteiger partial charge in [-0.1, -0.05) is 42.5 Å². The van der Waals surface area contributed by atoms with Crippen molar-refractivity contribution in [1.82, 2.24) is 20.2 Å². The molecular weight excluding hydrogens is 504 g/mol. The van der Waals surface area contributed by atoms with E-state index in [-0.39, 0.29) is 17.1 Å². The number of pyridine rings is 1. The van der Waals surface area contributed by atoms with Gasteiger partial charge in [0.15, 0.2) is 0 Å². The van der Waals surface area contributed by atoms with Crippen molar-refractivity contribution in [3.63, 3.8) is 0 Å². The fraction of sp³-hybridized carbons (Fsp3) is 0.583. The highest BCUT2D eigenvalue weighted by atomic mass is 16.6. The molecule has 0 amide bonds. The highest BCUT2D eigenvalue weighted by Gasteiger charge is 2.75. The molecule has 41 heavy (non-hydrogen) atoms. The molecule has 1 unspecified atom stereocenters. The molecule has 1 aromatic carbocycles. The predicted octanol–water partition coefficient (Wildman–Crippen LogP) is 7.26. The molecule has 3 bridgehead atoms. The van der Waals surface area contributed by atoms with E-state index in [0.29, 0.717) is 17.9 Å². The number of hydrogen-bond acceptors (Lipinski definition) is 4. The van der Waals surface area contributed by atoms with Gasteiger partial charge in [0.25, 0.3) is 0 Å². The number of rotatable bonds is 1. The second-order valence-electron chi connectivity index (χ2n) is 13.6. The number of benzene rings is 1. The Labute approximate surface area is 244 Å².